The third-order valence-corrected chi connectivity index (χ3v) is 4.25. The van der Waals surface area contributed by atoms with Gasteiger partial charge in [0.05, 0.1) is 0 Å². The van der Waals surface area contributed by atoms with Crippen LogP contribution in [0.25, 0.3) is 0 Å². The fraction of sp³-hybridized carbons (Fsp3) is 0.263. The number of anilines is 2. The minimum Gasteiger partial charge on any atom is -0.399 e. The van der Waals surface area contributed by atoms with Gasteiger partial charge < -0.3 is 16.0 Å². The van der Waals surface area contributed by atoms with Gasteiger partial charge in [0.2, 0.25) is 5.91 Å². The third kappa shape index (κ3) is 3.40. The van der Waals surface area contributed by atoms with Gasteiger partial charge in [0.15, 0.2) is 0 Å². The van der Waals surface area contributed by atoms with Gasteiger partial charge in [0, 0.05) is 36.4 Å². The molecule has 124 valence electrons. The number of carbonyl (C=O) groups is 2. The summed E-state index contributed by atoms with van der Waals surface area (Å²) in [5.41, 5.74) is 9.65. The molecule has 1 aliphatic heterocycles. The molecular formula is C19H21N3O2. The molecule has 1 saturated heterocycles. The van der Waals surface area contributed by atoms with Gasteiger partial charge in [0.1, 0.15) is 0 Å². The molecular weight excluding hydrogens is 302 g/mol. The number of benzene rings is 2. The molecule has 0 saturated carbocycles. The Morgan fingerprint density at radius 2 is 2.08 bits per heavy atom. The number of aryl methyl sites for hydroxylation is 1. The summed E-state index contributed by atoms with van der Waals surface area (Å²) in [6.45, 7) is 3.05. The fourth-order valence-corrected chi connectivity index (χ4v) is 2.92. The summed E-state index contributed by atoms with van der Waals surface area (Å²) in [5, 5.41) is 2.91. The van der Waals surface area contributed by atoms with E-state index in [4.69, 9.17) is 5.73 Å². The van der Waals surface area contributed by atoms with Gasteiger partial charge in [-0.25, -0.2) is 0 Å². The first-order valence-corrected chi connectivity index (χ1v) is 8.08. The summed E-state index contributed by atoms with van der Waals surface area (Å²) in [6.07, 6.45) is 1.50. The van der Waals surface area contributed by atoms with Crippen molar-refractivity contribution in [2.75, 3.05) is 17.2 Å². The number of nitrogen functional groups attached to an aromatic ring is 1. The highest BCUT2D eigenvalue weighted by molar-refractivity contribution is 5.97. The van der Waals surface area contributed by atoms with E-state index in [0.717, 1.165) is 29.8 Å². The first-order chi connectivity index (χ1) is 11.5. The van der Waals surface area contributed by atoms with Crippen LogP contribution in [0.15, 0.2) is 42.5 Å². The molecule has 24 heavy (non-hydrogen) atoms. The standard InChI is InChI=1S/C19H21N3O2/c1-13-7-8-15(20)11-17(13)19(24)21-12-14-4-2-5-16(10-14)22-9-3-6-18(22)23/h2,4-5,7-8,10-11H,3,6,9,12,20H2,1H3,(H,21,24). The maximum absolute atomic E-state index is 12.4. The van der Waals surface area contributed by atoms with Gasteiger partial charge >= 0.3 is 0 Å². The zero-order valence-corrected chi connectivity index (χ0v) is 13.7. The van der Waals surface area contributed by atoms with Crippen molar-refractivity contribution in [3.05, 3.63) is 59.2 Å². The summed E-state index contributed by atoms with van der Waals surface area (Å²) in [4.78, 5) is 26.0. The van der Waals surface area contributed by atoms with Crippen LogP contribution in [0, 0.1) is 6.92 Å². The lowest BCUT2D eigenvalue weighted by atomic mass is 10.1. The normalized spacial score (nSPS) is 14.0. The highest BCUT2D eigenvalue weighted by atomic mass is 16.2. The second kappa shape index (κ2) is 6.74. The summed E-state index contributed by atoms with van der Waals surface area (Å²) in [7, 11) is 0. The van der Waals surface area contributed by atoms with Crippen LogP contribution < -0.4 is 16.0 Å². The van der Waals surface area contributed by atoms with Crippen LogP contribution in [0.4, 0.5) is 11.4 Å². The van der Waals surface area contributed by atoms with Crippen LogP contribution in [-0.4, -0.2) is 18.4 Å². The van der Waals surface area contributed by atoms with E-state index < -0.39 is 0 Å². The van der Waals surface area contributed by atoms with E-state index in [1.807, 2.05) is 37.3 Å². The molecule has 0 aliphatic carbocycles. The van der Waals surface area contributed by atoms with Crippen molar-refractivity contribution in [1.82, 2.24) is 5.32 Å². The number of hydrogen-bond donors (Lipinski definition) is 2. The molecule has 2 amide bonds. The highest BCUT2D eigenvalue weighted by Gasteiger charge is 2.21. The molecule has 0 aromatic heterocycles. The molecule has 5 nitrogen and oxygen atoms in total. The van der Waals surface area contributed by atoms with Gasteiger partial charge in [0.25, 0.3) is 5.91 Å². The molecule has 3 rings (SSSR count). The average molecular weight is 323 g/mol. The van der Waals surface area contributed by atoms with Crippen molar-refractivity contribution >= 4 is 23.2 Å². The Kier molecular flexibility index (Phi) is 4.51. The molecule has 5 heteroatoms. The number of amides is 2. The highest BCUT2D eigenvalue weighted by Crippen LogP contribution is 2.22. The predicted molar refractivity (Wildman–Crippen MR) is 94.8 cm³/mol. The largest absolute Gasteiger partial charge is 0.399 e. The lowest BCUT2D eigenvalue weighted by Gasteiger charge is -2.17. The quantitative estimate of drug-likeness (QED) is 0.849. The van der Waals surface area contributed by atoms with E-state index >= 15 is 0 Å². The van der Waals surface area contributed by atoms with E-state index in [-0.39, 0.29) is 11.8 Å². The molecule has 0 radical (unpaired) electrons. The Hall–Kier alpha value is -2.82. The summed E-state index contributed by atoms with van der Waals surface area (Å²) < 4.78 is 0. The van der Waals surface area contributed by atoms with E-state index in [0.29, 0.717) is 24.2 Å². The minimum atomic E-state index is -0.151. The number of rotatable bonds is 4. The van der Waals surface area contributed by atoms with E-state index in [2.05, 4.69) is 5.32 Å². The SMILES string of the molecule is Cc1ccc(N)cc1C(=O)NCc1cccc(N2CCCC2=O)c1. The second-order valence-corrected chi connectivity index (χ2v) is 6.08. The van der Waals surface area contributed by atoms with Crippen LogP contribution in [-0.2, 0) is 11.3 Å². The monoisotopic (exact) mass is 323 g/mol. The van der Waals surface area contributed by atoms with E-state index in [1.165, 1.54) is 0 Å². The van der Waals surface area contributed by atoms with Crippen LogP contribution in [0.1, 0.15) is 34.3 Å². The molecule has 0 unspecified atom stereocenters. The van der Waals surface area contributed by atoms with Crippen LogP contribution >= 0.6 is 0 Å². The minimum absolute atomic E-state index is 0.151. The second-order valence-electron chi connectivity index (χ2n) is 6.08. The Labute approximate surface area is 141 Å². The maximum Gasteiger partial charge on any atom is 0.251 e. The van der Waals surface area contributed by atoms with Gasteiger partial charge in [-0.3, -0.25) is 9.59 Å². The van der Waals surface area contributed by atoms with Gasteiger partial charge in [-0.05, 0) is 48.7 Å². The van der Waals surface area contributed by atoms with Crippen molar-refractivity contribution in [3.63, 3.8) is 0 Å². The molecule has 0 spiro atoms. The van der Waals surface area contributed by atoms with Crippen molar-refractivity contribution < 1.29 is 9.59 Å². The van der Waals surface area contributed by atoms with Gasteiger partial charge in [-0.2, -0.15) is 0 Å². The zero-order valence-electron chi connectivity index (χ0n) is 13.7. The predicted octanol–water partition coefficient (Wildman–Crippen LogP) is 2.63. The van der Waals surface area contributed by atoms with Crippen molar-refractivity contribution in [1.29, 1.82) is 0 Å². The van der Waals surface area contributed by atoms with Crippen LogP contribution in [0.5, 0.6) is 0 Å². The van der Waals surface area contributed by atoms with E-state index in [9.17, 15) is 9.59 Å². The molecule has 1 heterocycles. The number of nitrogens with one attached hydrogen (secondary N) is 1. The Bertz CT molecular complexity index is 786. The van der Waals surface area contributed by atoms with Crippen molar-refractivity contribution in [2.24, 2.45) is 0 Å². The molecule has 0 atom stereocenters. The number of nitrogens with zero attached hydrogens (tertiary/aromatic N) is 1. The zero-order chi connectivity index (χ0) is 17.1. The smallest absolute Gasteiger partial charge is 0.251 e. The first-order valence-electron chi connectivity index (χ1n) is 8.08. The fourth-order valence-electron chi connectivity index (χ4n) is 2.92. The third-order valence-electron chi connectivity index (χ3n) is 4.25. The van der Waals surface area contributed by atoms with Crippen molar-refractivity contribution in [2.45, 2.75) is 26.3 Å². The van der Waals surface area contributed by atoms with Crippen LogP contribution in [0.3, 0.4) is 0 Å². The molecule has 0 bridgehead atoms. The lowest BCUT2D eigenvalue weighted by molar-refractivity contribution is -0.117. The van der Waals surface area contributed by atoms with Crippen molar-refractivity contribution in [3.8, 4) is 0 Å². The number of nitrogens with two attached hydrogens (primary N) is 1. The number of hydrogen-bond acceptors (Lipinski definition) is 3. The van der Waals surface area contributed by atoms with Gasteiger partial charge in [-0.1, -0.05) is 18.2 Å². The molecule has 1 fully saturated rings. The Morgan fingerprint density at radius 1 is 1.25 bits per heavy atom. The lowest BCUT2D eigenvalue weighted by Crippen LogP contribution is -2.25. The van der Waals surface area contributed by atoms with Gasteiger partial charge in [-0.15, -0.1) is 0 Å². The molecule has 2 aromatic carbocycles. The maximum atomic E-state index is 12.4. The average Bonchev–Trinajstić information content (AvgIpc) is 3.01. The Morgan fingerprint density at radius 3 is 2.83 bits per heavy atom. The summed E-state index contributed by atoms with van der Waals surface area (Å²) in [6, 6.07) is 13.0. The molecule has 3 N–H and O–H groups in total. The molecule has 1 aliphatic rings. The van der Waals surface area contributed by atoms with E-state index in [1.54, 1.807) is 17.0 Å². The topological polar surface area (TPSA) is 75.4 Å². The summed E-state index contributed by atoms with van der Waals surface area (Å²) in [5.74, 6) is 0.00835. The summed E-state index contributed by atoms with van der Waals surface area (Å²) >= 11 is 0. The first kappa shape index (κ1) is 16.1. The Balaban J connectivity index is 1.69. The van der Waals surface area contributed by atoms with Crippen LogP contribution in [0.2, 0.25) is 0 Å². The molecule has 2 aromatic rings. The number of carbonyl (C=O) groups excluding carboxylic acids is 2.